The van der Waals surface area contributed by atoms with Gasteiger partial charge in [0.25, 0.3) is 0 Å². The smallest absolute Gasteiger partial charge is 0.139 e. The summed E-state index contributed by atoms with van der Waals surface area (Å²) in [5, 5.41) is 7.83. The van der Waals surface area contributed by atoms with E-state index in [4.69, 9.17) is 0 Å². The zero-order valence-corrected chi connectivity index (χ0v) is 12.7. The average molecular weight is 283 g/mol. The van der Waals surface area contributed by atoms with Gasteiger partial charge in [0.15, 0.2) is 0 Å². The third kappa shape index (κ3) is 2.83. The number of fused-ring (bicyclic) bond motifs is 1. The molecule has 3 rings (SSSR count). The first-order chi connectivity index (χ1) is 10.1. The Labute approximate surface area is 124 Å². The Hall–Kier alpha value is -2.14. The number of nitrogens with one attached hydrogen (secondary N) is 1. The van der Waals surface area contributed by atoms with Crippen molar-refractivity contribution in [2.45, 2.75) is 39.4 Å². The first-order valence-electron chi connectivity index (χ1n) is 7.31. The van der Waals surface area contributed by atoms with E-state index in [1.165, 1.54) is 5.56 Å². The first kappa shape index (κ1) is 13.8. The predicted molar refractivity (Wildman–Crippen MR) is 83.2 cm³/mol. The van der Waals surface area contributed by atoms with Crippen LogP contribution in [0.15, 0.2) is 43.0 Å². The molecule has 1 N–H and O–H groups in total. The molecule has 0 bridgehead atoms. The van der Waals surface area contributed by atoms with Gasteiger partial charge < -0.3 is 9.72 Å². The molecule has 2 atom stereocenters. The Morgan fingerprint density at radius 1 is 1.24 bits per heavy atom. The zero-order chi connectivity index (χ0) is 14.8. The van der Waals surface area contributed by atoms with Crippen molar-refractivity contribution in [3.05, 3.63) is 54.2 Å². The van der Waals surface area contributed by atoms with Crippen molar-refractivity contribution in [3.8, 4) is 0 Å². The Balaban J connectivity index is 1.67. The molecule has 0 aromatic carbocycles. The molecular formula is C16H21N5. The number of aryl methyl sites for hydroxylation is 1. The van der Waals surface area contributed by atoms with Crippen LogP contribution in [0.1, 0.15) is 31.1 Å². The van der Waals surface area contributed by atoms with Gasteiger partial charge in [-0.3, -0.25) is 4.68 Å². The van der Waals surface area contributed by atoms with Gasteiger partial charge in [-0.1, -0.05) is 6.07 Å². The van der Waals surface area contributed by atoms with E-state index in [-0.39, 0.29) is 0 Å². The topological polar surface area (TPSA) is 47.1 Å². The van der Waals surface area contributed by atoms with Gasteiger partial charge in [0.1, 0.15) is 5.65 Å². The Morgan fingerprint density at radius 2 is 2.10 bits per heavy atom. The van der Waals surface area contributed by atoms with E-state index in [1.807, 2.05) is 35.4 Å². The van der Waals surface area contributed by atoms with Gasteiger partial charge in [-0.05, 0) is 38.5 Å². The molecule has 0 radical (unpaired) electrons. The summed E-state index contributed by atoms with van der Waals surface area (Å²) in [5.74, 6) is 0. The second kappa shape index (κ2) is 5.69. The van der Waals surface area contributed by atoms with Crippen LogP contribution in [0.25, 0.3) is 5.65 Å². The second-order valence-electron chi connectivity index (χ2n) is 5.55. The lowest BCUT2D eigenvalue weighted by molar-refractivity contribution is 0.364. The molecule has 0 aliphatic heterocycles. The molecule has 21 heavy (non-hydrogen) atoms. The fourth-order valence-corrected chi connectivity index (χ4v) is 2.48. The van der Waals surface area contributed by atoms with Crippen molar-refractivity contribution in [2.75, 3.05) is 0 Å². The molecule has 3 heterocycles. The lowest BCUT2D eigenvalue weighted by atomic mass is 10.2. The zero-order valence-electron chi connectivity index (χ0n) is 12.7. The molecule has 5 heteroatoms. The van der Waals surface area contributed by atoms with Gasteiger partial charge in [-0.2, -0.15) is 5.10 Å². The molecule has 0 spiro atoms. The van der Waals surface area contributed by atoms with Gasteiger partial charge in [0.2, 0.25) is 0 Å². The molecule has 0 amide bonds. The summed E-state index contributed by atoms with van der Waals surface area (Å²) in [6.45, 7) is 7.18. The second-order valence-corrected chi connectivity index (χ2v) is 5.55. The van der Waals surface area contributed by atoms with Crippen LogP contribution in [-0.4, -0.2) is 25.2 Å². The maximum atomic E-state index is 4.68. The van der Waals surface area contributed by atoms with Gasteiger partial charge in [-0.15, -0.1) is 0 Å². The van der Waals surface area contributed by atoms with Crippen LogP contribution in [0.4, 0.5) is 0 Å². The van der Waals surface area contributed by atoms with Crippen LogP contribution in [0.2, 0.25) is 0 Å². The van der Waals surface area contributed by atoms with Crippen molar-refractivity contribution < 1.29 is 0 Å². The normalized spacial score (nSPS) is 14.4. The number of hydrogen-bond acceptors (Lipinski definition) is 3. The highest BCUT2D eigenvalue weighted by atomic mass is 15.3. The van der Waals surface area contributed by atoms with Gasteiger partial charge in [0, 0.05) is 37.4 Å². The van der Waals surface area contributed by atoms with Crippen molar-refractivity contribution in [1.82, 2.24) is 24.5 Å². The van der Waals surface area contributed by atoms with Crippen LogP contribution in [0, 0.1) is 6.92 Å². The molecule has 5 nitrogen and oxygen atoms in total. The summed E-state index contributed by atoms with van der Waals surface area (Å²) in [6.07, 6.45) is 7.93. The summed E-state index contributed by atoms with van der Waals surface area (Å²) < 4.78 is 4.05. The lowest BCUT2D eigenvalue weighted by Gasteiger charge is -2.21. The number of rotatable bonds is 5. The van der Waals surface area contributed by atoms with E-state index >= 15 is 0 Å². The van der Waals surface area contributed by atoms with Crippen LogP contribution >= 0.6 is 0 Å². The molecule has 3 aromatic rings. The summed E-state index contributed by atoms with van der Waals surface area (Å²) in [5.41, 5.74) is 3.28. The van der Waals surface area contributed by atoms with Crippen molar-refractivity contribution in [1.29, 1.82) is 0 Å². The lowest BCUT2D eigenvalue weighted by Crippen LogP contribution is -2.33. The largest absolute Gasteiger partial charge is 0.307 e. The molecular weight excluding hydrogens is 262 g/mol. The molecule has 0 aliphatic rings. The first-order valence-corrected chi connectivity index (χ1v) is 7.31. The monoisotopic (exact) mass is 283 g/mol. The van der Waals surface area contributed by atoms with E-state index in [1.54, 1.807) is 0 Å². The molecule has 0 saturated heterocycles. The van der Waals surface area contributed by atoms with Gasteiger partial charge in [0.05, 0.1) is 11.7 Å². The summed E-state index contributed by atoms with van der Waals surface area (Å²) >= 11 is 0. The minimum atomic E-state index is 0.304. The fourth-order valence-electron chi connectivity index (χ4n) is 2.48. The molecule has 110 valence electrons. The highest BCUT2D eigenvalue weighted by Gasteiger charge is 2.14. The van der Waals surface area contributed by atoms with Crippen molar-refractivity contribution in [2.24, 2.45) is 0 Å². The van der Waals surface area contributed by atoms with E-state index in [0.29, 0.717) is 12.1 Å². The Morgan fingerprint density at radius 3 is 2.81 bits per heavy atom. The number of nitrogens with zero attached hydrogens (tertiary/aromatic N) is 4. The standard InChI is InChI=1S/C16H21N5/c1-12-6-4-8-20-11-15(19-16(12)20)10-17-13(2)14(3)21-9-5-7-18-21/h4-9,11,13-14,17H,10H2,1-3H3/t13-,14+/m0/s1. The van der Waals surface area contributed by atoms with Crippen molar-refractivity contribution in [3.63, 3.8) is 0 Å². The fraction of sp³-hybridized carbons (Fsp3) is 0.375. The third-order valence-corrected chi connectivity index (χ3v) is 4.00. The number of hydrogen-bond donors (Lipinski definition) is 1. The van der Waals surface area contributed by atoms with Gasteiger partial charge in [-0.25, -0.2) is 4.98 Å². The maximum absolute atomic E-state index is 4.68. The van der Waals surface area contributed by atoms with E-state index in [9.17, 15) is 0 Å². The Kier molecular flexibility index (Phi) is 3.75. The molecule has 0 fully saturated rings. The van der Waals surface area contributed by atoms with Crippen LogP contribution in [-0.2, 0) is 6.54 Å². The summed E-state index contributed by atoms with van der Waals surface area (Å²) in [6, 6.07) is 6.70. The quantitative estimate of drug-likeness (QED) is 0.783. The summed E-state index contributed by atoms with van der Waals surface area (Å²) in [7, 11) is 0. The SMILES string of the molecule is Cc1cccn2cc(CN[C@@H](C)[C@@H](C)n3cccn3)nc12. The van der Waals surface area contributed by atoms with E-state index < -0.39 is 0 Å². The minimum Gasteiger partial charge on any atom is -0.307 e. The highest BCUT2D eigenvalue weighted by Crippen LogP contribution is 2.12. The van der Waals surface area contributed by atoms with Gasteiger partial charge >= 0.3 is 0 Å². The van der Waals surface area contributed by atoms with Crippen LogP contribution in [0.5, 0.6) is 0 Å². The molecule has 0 unspecified atom stereocenters. The third-order valence-electron chi connectivity index (χ3n) is 4.00. The Bertz CT molecular complexity index is 713. The van der Waals surface area contributed by atoms with E-state index in [2.05, 4.69) is 52.8 Å². The van der Waals surface area contributed by atoms with E-state index in [0.717, 1.165) is 17.9 Å². The highest BCUT2D eigenvalue weighted by molar-refractivity contribution is 5.47. The maximum Gasteiger partial charge on any atom is 0.139 e. The van der Waals surface area contributed by atoms with Crippen LogP contribution < -0.4 is 5.32 Å². The predicted octanol–water partition coefficient (Wildman–Crippen LogP) is 2.58. The molecule has 3 aromatic heterocycles. The number of imidazole rings is 1. The number of aromatic nitrogens is 4. The number of pyridine rings is 1. The molecule has 0 saturated carbocycles. The molecule has 0 aliphatic carbocycles. The average Bonchev–Trinajstić information content (AvgIpc) is 3.13. The van der Waals surface area contributed by atoms with Crippen molar-refractivity contribution >= 4 is 5.65 Å². The minimum absolute atomic E-state index is 0.304. The van der Waals surface area contributed by atoms with Crippen LogP contribution in [0.3, 0.4) is 0 Å². The summed E-state index contributed by atoms with van der Waals surface area (Å²) in [4.78, 5) is 4.68.